The first-order valence-electron chi connectivity index (χ1n) is 8.24. The number of aliphatic carboxylic acids is 1. The van der Waals surface area contributed by atoms with Gasteiger partial charge < -0.3 is 5.11 Å². The lowest BCUT2D eigenvalue weighted by Crippen LogP contribution is -2.39. The highest BCUT2D eigenvalue weighted by molar-refractivity contribution is 8.27. The second kappa shape index (κ2) is 7.52. The van der Waals surface area contributed by atoms with E-state index in [0.717, 1.165) is 18.2 Å². The summed E-state index contributed by atoms with van der Waals surface area (Å²) in [5.41, 5.74) is -0.00756. The first-order chi connectivity index (χ1) is 11.8. The van der Waals surface area contributed by atoms with E-state index in [1.165, 1.54) is 16.7 Å². The van der Waals surface area contributed by atoms with Crippen LogP contribution in [0.15, 0.2) is 9.93 Å². The molecule has 0 radical (unpaired) electrons. The Hall–Kier alpha value is -1.06. The van der Waals surface area contributed by atoms with Crippen LogP contribution in [0, 0.1) is 10.8 Å². The summed E-state index contributed by atoms with van der Waals surface area (Å²) in [5, 5.41) is 9.44. The van der Waals surface area contributed by atoms with Crippen LogP contribution in [0.2, 0.25) is 0 Å². The minimum absolute atomic E-state index is 0.119. The SMILES string of the molecule is CC(C)(C)CC(C)(C)CN1C(=O)/C(=C2\SCC(=O)N2CC(=O)O)SC1=S. The van der Waals surface area contributed by atoms with Gasteiger partial charge in [-0.15, -0.1) is 0 Å². The summed E-state index contributed by atoms with van der Waals surface area (Å²) in [4.78, 5) is 39.1. The third-order valence-electron chi connectivity index (χ3n) is 3.81. The third-order valence-corrected chi connectivity index (χ3v) is 6.47. The Morgan fingerprint density at radius 1 is 1.19 bits per heavy atom. The van der Waals surface area contributed by atoms with Crippen molar-refractivity contribution in [3.05, 3.63) is 9.93 Å². The van der Waals surface area contributed by atoms with E-state index < -0.39 is 12.5 Å². The number of nitrogens with zero attached hydrogens (tertiary/aromatic N) is 2. The van der Waals surface area contributed by atoms with E-state index >= 15 is 0 Å². The highest BCUT2D eigenvalue weighted by Gasteiger charge is 2.42. The fraction of sp³-hybridized carbons (Fsp3) is 0.647. The maximum atomic E-state index is 12.9. The molecule has 144 valence electrons. The molecule has 0 bridgehead atoms. The van der Waals surface area contributed by atoms with Gasteiger partial charge in [-0.3, -0.25) is 24.2 Å². The maximum absolute atomic E-state index is 12.9. The van der Waals surface area contributed by atoms with Crippen molar-refractivity contribution in [1.82, 2.24) is 9.80 Å². The molecule has 0 atom stereocenters. The van der Waals surface area contributed by atoms with Gasteiger partial charge in [0.2, 0.25) is 5.91 Å². The van der Waals surface area contributed by atoms with Crippen LogP contribution in [0.5, 0.6) is 0 Å². The smallest absolute Gasteiger partial charge is 0.323 e. The molecule has 0 saturated carbocycles. The standard InChI is InChI=1S/C17H24N2O4S3/c1-16(2,3)8-17(4,5)9-19-13(23)12(26-15(19)24)14-18(6-11(21)22)10(20)7-25-14/h6-9H2,1-5H3,(H,21,22)/b14-12+. The van der Waals surface area contributed by atoms with Crippen molar-refractivity contribution < 1.29 is 19.5 Å². The Labute approximate surface area is 167 Å². The van der Waals surface area contributed by atoms with E-state index in [0.29, 0.717) is 20.8 Å². The van der Waals surface area contributed by atoms with Crippen molar-refractivity contribution in [2.45, 2.75) is 41.0 Å². The summed E-state index contributed by atoms with van der Waals surface area (Å²) >= 11 is 7.75. The Bertz CT molecular complexity index is 695. The number of amides is 2. The van der Waals surface area contributed by atoms with Gasteiger partial charge in [-0.1, -0.05) is 70.4 Å². The number of hydrogen-bond donors (Lipinski definition) is 1. The molecule has 2 saturated heterocycles. The quantitative estimate of drug-likeness (QED) is 0.545. The van der Waals surface area contributed by atoms with Gasteiger partial charge in [-0.25, -0.2) is 0 Å². The molecule has 2 fully saturated rings. The summed E-state index contributed by atoms with van der Waals surface area (Å²) < 4.78 is 0.453. The van der Waals surface area contributed by atoms with E-state index in [-0.39, 0.29) is 28.4 Å². The Kier molecular flexibility index (Phi) is 6.14. The molecule has 2 amide bonds. The molecular weight excluding hydrogens is 392 g/mol. The lowest BCUT2D eigenvalue weighted by atomic mass is 9.76. The zero-order valence-electron chi connectivity index (χ0n) is 15.6. The fourth-order valence-electron chi connectivity index (χ4n) is 3.47. The largest absolute Gasteiger partial charge is 0.480 e. The molecule has 0 aromatic heterocycles. The summed E-state index contributed by atoms with van der Waals surface area (Å²) in [6, 6.07) is 0. The number of carboxylic acids is 1. The lowest BCUT2D eigenvalue weighted by Gasteiger charge is -2.35. The van der Waals surface area contributed by atoms with Crippen LogP contribution >= 0.6 is 35.7 Å². The highest BCUT2D eigenvalue weighted by Crippen LogP contribution is 2.43. The van der Waals surface area contributed by atoms with Crippen LogP contribution < -0.4 is 0 Å². The first kappa shape index (κ1) is 21.2. The second-order valence-corrected chi connectivity index (χ2v) is 11.1. The molecule has 0 unspecified atom stereocenters. The van der Waals surface area contributed by atoms with E-state index in [1.807, 2.05) is 0 Å². The van der Waals surface area contributed by atoms with Gasteiger partial charge in [0.05, 0.1) is 10.8 Å². The number of thiocarbonyl (C=S) groups is 1. The number of carboxylic acid groups (broad SMARTS) is 1. The van der Waals surface area contributed by atoms with Crippen LogP contribution in [0.3, 0.4) is 0 Å². The average molecular weight is 417 g/mol. The number of thioether (sulfide) groups is 2. The Morgan fingerprint density at radius 2 is 1.81 bits per heavy atom. The van der Waals surface area contributed by atoms with Crippen LogP contribution in [0.1, 0.15) is 41.0 Å². The van der Waals surface area contributed by atoms with Gasteiger partial charge >= 0.3 is 5.97 Å². The number of carbonyl (C=O) groups is 3. The first-order valence-corrected chi connectivity index (χ1v) is 10.4. The third kappa shape index (κ3) is 5.01. The molecule has 2 aliphatic rings. The lowest BCUT2D eigenvalue weighted by molar-refractivity contribution is -0.141. The molecule has 6 nitrogen and oxygen atoms in total. The average Bonchev–Trinajstić information content (AvgIpc) is 2.91. The fourth-order valence-corrected chi connectivity index (χ4v) is 5.95. The van der Waals surface area contributed by atoms with Gasteiger partial charge in [-0.05, 0) is 17.3 Å². The second-order valence-electron chi connectivity index (χ2n) is 8.46. The van der Waals surface area contributed by atoms with Gasteiger partial charge in [0.15, 0.2) is 0 Å². The van der Waals surface area contributed by atoms with Crippen molar-refractivity contribution in [2.75, 3.05) is 18.8 Å². The summed E-state index contributed by atoms with van der Waals surface area (Å²) in [6.07, 6.45) is 0.918. The molecular formula is C17H24N2O4S3. The molecule has 0 aliphatic carbocycles. The summed E-state index contributed by atoms with van der Waals surface area (Å²) in [6.45, 7) is 10.7. The van der Waals surface area contributed by atoms with E-state index in [1.54, 1.807) is 4.90 Å². The van der Waals surface area contributed by atoms with Gasteiger partial charge in [0.25, 0.3) is 5.91 Å². The molecule has 9 heteroatoms. The zero-order valence-corrected chi connectivity index (χ0v) is 18.1. The van der Waals surface area contributed by atoms with Crippen molar-refractivity contribution in [3.63, 3.8) is 0 Å². The molecule has 1 N–H and O–H groups in total. The van der Waals surface area contributed by atoms with Crippen molar-refractivity contribution in [3.8, 4) is 0 Å². The predicted octanol–water partition coefficient (Wildman–Crippen LogP) is 3.14. The van der Waals surface area contributed by atoms with Crippen molar-refractivity contribution in [2.24, 2.45) is 10.8 Å². The molecule has 2 heterocycles. The Balaban J connectivity index is 2.25. The minimum Gasteiger partial charge on any atom is -0.480 e. The predicted molar refractivity (Wildman–Crippen MR) is 109 cm³/mol. The van der Waals surface area contributed by atoms with Gasteiger partial charge in [-0.2, -0.15) is 0 Å². The van der Waals surface area contributed by atoms with Crippen LogP contribution in [-0.4, -0.2) is 55.9 Å². The highest BCUT2D eigenvalue weighted by atomic mass is 32.2. The van der Waals surface area contributed by atoms with Gasteiger partial charge in [0, 0.05) is 6.54 Å². The summed E-state index contributed by atoms with van der Waals surface area (Å²) in [7, 11) is 0. The zero-order chi connectivity index (χ0) is 19.9. The maximum Gasteiger partial charge on any atom is 0.323 e. The number of rotatable bonds is 5. The summed E-state index contributed by atoms with van der Waals surface area (Å²) in [5.74, 6) is -1.51. The topological polar surface area (TPSA) is 77.9 Å². The van der Waals surface area contributed by atoms with Crippen LogP contribution in [0.4, 0.5) is 0 Å². The van der Waals surface area contributed by atoms with Gasteiger partial charge in [0.1, 0.15) is 15.8 Å². The normalized spacial score (nSPS) is 22.0. The van der Waals surface area contributed by atoms with E-state index in [2.05, 4.69) is 34.6 Å². The van der Waals surface area contributed by atoms with E-state index in [4.69, 9.17) is 17.3 Å². The molecule has 26 heavy (non-hydrogen) atoms. The van der Waals surface area contributed by atoms with Crippen molar-refractivity contribution >= 4 is 57.8 Å². The molecule has 0 spiro atoms. The number of hydrogen-bond acceptors (Lipinski definition) is 6. The van der Waals surface area contributed by atoms with Crippen LogP contribution in [-0.2, 0) is 14.4 Å². The molecule has 0 aromatic rings. The molecule has 0 aromatic carbocycles. The molecule has 2 rings (SSSR count). The molecule has 2 aliphatic heterocycles. The minimum atomic E-state index is -1.11. The van der Waals surface area contributed by atoms with E-state index in [9.17, 15) is 14.4 Å². The van der Waals surface area contributed by atoms with Crippen LogP contribution in [0.25, 0.3) is 0 Å². The van der Waals surface area contributed by atoms with Crippen molar-refractivity contribution in [1.29, 1.82) is 0 Å². The monoisotopic (exact) mass is 416 g/mol. The Morgan fingerprint density at radius 3 is 2.35 bits per heavy atom. The number of carbonyl (C=O) groups excluding carboxylic acids is 2.